The van der Waals surface area contributed by atoms with E-state index >= 15 is 0 Å². The first kappa shape index (κ1) is 25.3. The molecular weight excluding hydrogens is 587 g/mol. The van der Waals surface area contributed by atoms with Gasteiger partial charge < -0.3 is 15.2 Å². The second-order valence-corrected chi connectivity index (χ2v) is 9.16. The molecule has 0 spiro atoms. The summed E-state index contributed by atoms with van der Waals surface area (Å²) in [6.07, 6.45) is 1.56. The van der Waals surface area contributed by atoms with Crippen LogP contribution in [0.1, 0.15) is 45.2 Å². The molecule has 0 bridgehead atoms. The zero-order chi connectivity index (χ0) is 22.9. The molecule has 2 unspecified atom stereocenters. The van der Waals surface area contributed by atoms with Crippen LogP contribution in [-0.2, 0) is 25.5 Å². The van der Waals surface area contributed by atoms with E-state index in [2.05, 4.69) is 73.4 Å². The van der Waals surface area contributed by atoms with Gasteiger partial charge in [0.2, 0.25) is 0 Å². The first-order valence-electron chi connectivity index (χ1n) is 11.2. The Kier molecular flexibility index (Phi) is 7.87. The second-order valence-electron chi connectivity index (χ2n) is 9.16. The van der Waals surface area contributed by atoms with Gasteiger partial charge >= 0.3 is 0 Å². The summed E-state index contributed by atoms with van der Waals surface area (Å²) >= 11 is 0. The molecule has 173 valence electrons. The molecule has 0 amide bonds. The maximum absolute atomic E-state index is 8.56. The van der Waals surface area contributed by atoms with E-state index in [4.69, 9.17) is 10.2 Å². The average molecular weight is 617 g/mol. The number of aliphatic hydroxyl groups is 2. The van der Waals surface area contributed by atoms with E-state index in [1.807, 2.05) is 24.4 Å². The van der Waals surface area contributed by atoms with E-state index in [0.29, 0.717) is 6.42 Å². The summed E-state index contributed by atoms with van der Waals surface area (Å²) in [4.78, 5) is 4.49. The van der Waals surface area contributed by atoms with Gasteiger partial charge in [0.05, 0.1) is 12.2 Å². The maximum Gasteiger partial charge on any atom is 0.0536 e. The maximum atomic E-state index is 8.56. The molecule has 1 radical (unpaired) electrons. The molecule has 0 aliphatic heterocycles. The monoisotopic (exact) mass is 617 g/mol. The van der Waals surface area contributed by atoms with Gasteiger partial charge in [0.1, 0.15) is 0 Å². The first-order chi connectivity index (χ1) is 15.3. The molecule has 3 aromatic carbocycles. The Morgan fingerprint density at radius 3 is 2.24 bits per heavy atom. The third-order valence-electron chi connectivity index (χ3n) is 6.09. The van der Waals surface area contributed by atoms with E-state index in [0.717, 1.165) is 11.3 Å². The van der Waals surface area contributed by atoms with Crippen molar-refractivity contribution in [1.29, 1.82) is 0 Å². The Balaban J connectivity index is 0.000000337. The van der Waals surface area contributed by atoms with Crippen molar-refractivity contribution in [3.05, 3.63) is 90.1 Å². The first-order valence-corrected chi connectivity index (χ1v) is 11.2. The summed E-state index contributed by atoms with van der Waals surface area (Å²) < 4.78 is 0. The van der Waals surface area contributed by atoms with Gasteiger partial charge in [-0.25, -0.2) is 0 Å². The third-order valence-corrected chi connectivity index (χ3v) is 6.09. The van der Waals surface area contributed by atoms with Crippen molar-refractivity contribution in [2.75, 3.05) is 0 Å². The van der Waals surface area contributed by atoms with Crippen molar-refractivity contribution in [1.82, 2.24) is 4.98 Å². The zero-order valence-corrected chi connectivity index (χ0v) is 21.9. The number of hydrogen-bond acceptors (Lipinski definition) is 3. The number of fused-ring (bicyclic) bond motifs is 5. The van der Waals surface area contributed by atoms with E-state index < -0.39 is 0 Å². The van der Waals surface area contributed by atoms with Crippen molar-refractivity contribution >= 4 is 10.8 Å². The van der Waals surface area contributed by atoms with Crippen molar-refractivity contribution in [3.63, 3.8) is 0 Å². The molecule has 0 fully saturated rings. The van der Waals surface area contributed by atoms with Crippen molar-refractivity contribution in [3.8, 4) is 22.4 Å². The molecule has 0 saturated carbocycles. The van der Waals surface area contributed by atoms with E-state index in [-0.39, 0.29) is 37.7 Å². The number of rotatable bonds is 3. The van der Waals surface area contributed by atoms with E-state index in [1.165, 1.54) is 33.0 Å². The Hall–Kier alpha value is -2.36. The normalized spacial score (nSPS) is 14.8. The average Bonchev–Trinajstić information content (AvgIpc) is 3.01. The fourth-order valence-corrected chi connectivity index (χ4v) is 4.70. The topological polar surface area (TPSA) is 53.4 Å². The number of pyridine rings is 1. The minimum Gasteiger partial charge on any atom is -0.393 e. The van der Waals surface area contributed by atoms with Crippen LogP contribution in [0.25, 0.3) is 33.2 Å². The van der Waals surface area contributed by atoms with Crippen LogP contribution in [0.2, 0.25) is 0 Å². The molecule has 4 heteroatoms. The van der Waals surface area contributed by atoms with Crippen LogP contribution >= 0.6 is 0 Å². The largest absolute Gasteiger partial charge is 0.393 e. The summed E-state index contributed by atoms with van der Waals surface area (Å²) in [5.41, 5.74) is 7.42. The van der Waals surface area contributed by atoms with Crippen LogP contribution in [0.3, 0.4) is 0 Å². The summed E-state index contributed by atoms with van der Waals surface area (Å²) in [5, 5.41) is 19.8. The molecule has 0 saturated heterocycles. The molecule has 1 heterocycles. The Labute approximate surface area is 209 Å². The number of benzene rings is 3. The molecule has 1 aliphatic carbocycles. The molecule has 1 aliphatic rings. The number of nitrogens with zero attached hydrogens (tertiary/aromatic N) is 1. The fraction of sp³-hybridized carbons (Fsp3) is 0.276. The van der Waals surface area contributed by atoms with Gasteiger partial charge in [0.15, 0.2) is 0 Å². The van der Waals surface area contributed by atoms with Crippen molar-refractivity contribution < 1.29 is 30.3 Å². The van der Waals surface area contributed by atoms with E-state index in [1.54, 1.807) is 13.8 Å². The summed E-state index contributed by atoms with van der Waals surface area (Å²) in [7, 11) is 0. The zero-order valence-electron chi connectivity index (χ0n) is 19.5. The van der Waals surface area contributed by atoms with Gasteiger partial charge in [-0.3, -0.25) is 0 Å². The number of aliphatic hydroxyl groups excluding tert-OH is 2. The quantitative estimate of drug-likeness (QED) is 0.272. The second kappa shape index (κ2) is 10.3. The minimum absolute atomic E-state index is 0. The fourth-order valence-electron chi connectivity index (χ4n) is 4.70. The molecule has 5 rings (SSSR count). The van der Waals surface area contributed by atoms with Crippen LogP contribution in [0, 0.1) is 6.07 Å². The van der Waals surface area contributed by atoms with Gasteiger partial charge in [-0.1, -0.05) is 67.9 Å². The van der Waals surface area contributed by atoms with Crippen LogP contribution in [-0.4, -0.2) is 27.4 Å². The van der Waals surface area contributed by atoms with Gasteiger partial charge in [-0.2, -0.15) is 0 Å². The van der Waals surface area contributed by atoms with Crippen LogP contribution in [0.15, 0.2) is 72.9 Å². The predicted octanol–water partition coefficient (Wildman–Crippen LogP) is 6.14. The number of aromatic nitrogens is 1. The van der Waals surface area contributed by atoms with E-state index in [9.17, 15) is 0 Å². The summed E-state index contributed by atoms with van der Waals surface area (Å²) in [6, 6.07) is 27.1. The SMILES string of the molecule is CC(O)CC(C)O.CC1(C)c2c[c-]c(-c3ccccn3)cc2-c2ccc3ccccc3c21.[Ir]. The van der Waals surface area contributed by atoms with Gasteiger partial charge in [0, 0.05) is 26.3 Å². The van der Waals surface area contributed by atoms with Gasteiger partial charge in [-0.05, 0) is 59.3 Å². The Morgan fingerprint density at radius 2 is 1.61 bits per heavy atom. The van der Waals surface area contributed by atoms with Crippen LogP contribution in [0.4, 0.5) is 0 Å². The molecule has 2 N–H and O–H groups in total. The molecule has 2 atom stereocenters. The molecule has 4 aromatic rings. The van der Waals surface area contributed by atoms with Gasteiger partial charge in [0.25, 0.3) is 0 Å². The Morgan fingerprint density at radius 1 is 0.909 bits per heavy atom. The van der Waals surface area contributed by atoms with Crippen molar-refractivity contribution in [2.24, 2.45) is 0 Å². The minimum atomic E-state index is -0.375. The smallest absolute Gasteiger partial charge is 0.0536 e. The summed E-state index contributed by atoms with van der Waals surface area (Å²) in [6.45, 7) is 7.95. The summed E-state index contributed by atoms with van der Waals surface area (Å²) in [5.74, 6) is 0. The standard InChI is InChI=1S/C24H18N.C5H12O2.Ir/c1-24(2)21-13-11-17(22-9-5-6-14-25-22)15-20(21)19-12-10-16-7-3-4-8-18(16)23(19)24;1-4(6)3-5(2)7;/h3-10,12-15H,1-2H3;4-7H,3H2,1-2H3;/q-1;;. The predicted molar refractivity (Wildman–Crippen MR) is 132 cm³/mol. The third kappa shape index (κ3) is 5.10. The number of hydrogen-bond donors (Lipinski definition) is 2. The van der Waals surface area contributed by atoms with Crippen molar-refractivity contribution in [2.45, 2.75) is 51.7 Å². The van der Waals surface area contributed by atoms with Crippen LogP contribution in [0.5, 0.6) is 0 Å². The van der Waals surface area contributed by atoms with Gasteiger partial charge in [-0.15, -0.1) is 29.3 Å². The molecule has 1 aromatic heterocycles. The van der Waals surface area contributed by atoms with Crippen LogP contribution < -0.4 is 0 Å². The molecule has 3 nitrogen and oxygen atoms in total. The Bertz CT molecular complexity index is 1230. The molecule has 33 heavy (non-hydrogen) atoms. The molecular formula is C29H30IrNO2-.